The zero-order valence-electron chi connectivity index (χ0n) is 16.2. The molecule has 0 bridgehead atoms. The van der Waals surface area contributed by atoms with Crippen molar-refractivity contribution in [2.24, 2.45) is 0 Å². The van der Waals surface area contributed by atoms with Crippen LogP contribution >= 0.6 is 0 Å². The number of nitrogens with zero attached hydrogens (tertiary/aromatic N) is 2. The van der Waals surface area contributed by atoms with Crippen molar-refractivity contribution in [1.82, 2.24) is 9.88 Å². The zero-order valence-corrected chi connectivity index (χ0v) is 16.2. The van der Waals surface area contributed by atoms with Crippen molar-refractivity contribution in [2.75, 3.05) is 13.1 Å². The second kappa shape index (κ2) is 10.2. The van der Waals surface area contributed by atoms with Crippen LogP contribution in [0.3, 0.4) is 0 Å². The Bertz CT molecular complexity index is 922. The number of rotatable bonds is 10. The van der Waals surface area contributed by atoms with Gasteiger partial charge in [0.25, 0.3) is 0 Å². The van der Waals surface area contributed by atoms with Crippen molar-refractivity contribution in [2.45, 2.75) is 25.7 Å². The molecule has 2 aromatic carbocycles. The van der Waals surface area contributed by atoms with Gasteiger partial charge in [0, 0.05) is 24.9 Å². The van der Waals surface area contributed by atoms with E-state index in [9.17, 15) is 9.59 Å². The second-order valence-electron chi connectivity index (χ2n) is 6.78. The summed E-state index contributed by atoms with van der Waals surface area (Å²) in [5, 5.41) is 9.13. The summed E-state index contributed by atoms with van der Waals surface area (Å²) in [7, 11) is 0. The molecule has 0 unspecified atom stereocenters. The van der Waals surface area contributed by atoms with E-state index < -0.39 is 5.97 Å². The number of carboxylic acids is 1. The molecular formula is C23H24N2O4. The van der Waals surface area contributed by atoms with Crippen LogP contribution in [0.15, 0.2) is 71.3 Å². The Kier molecular flexibility index (Phi) is 7.16. The Morgan fingerprint density at radius 3 is 2.34 bits per heavy atom. The topological polar surface area (TPSA) is 83.6 Å². The van der Waals surface area contributed by atoms with E-state index in [4.69, 9.17) is 9.52 Å². The highest BCUT2D eigenvalue weighted by Gasteiger charge is 2.17. The van der Waals surface area contributed by atoms with E-state index in [0.717, 1.165) is 11.1 Å². The van der Waals surface area contributed by atoms with Crippen LogP contribution in [-0.2, 0) is 22.4 Å². The van der Waals surface area contributed by atoms with Crippen molar-refractivity contribution < 1.29 is 19.1 Å². The van der Waals surface area contributed by atoms with Gasteiger partial charge in [-0.15, -0.1) is 0 Å². The molecule has 3 rings (SSSR count). The summed E-state index contributed by atoms with van der Waals surface area (Å²) < 4.78 is 5.75. The minimum atomic E-state index is -1.01. The third-order valence-corrected chi connectivity index (χ3v) is 4.59. The third-order valence-electron chi connectivity index (χ3n) is 4.59. The molecule has 1 aromatic heterocycles. The van der Waals surface area contributed by atoms with Crippen molar-refractivity contribution in [1.29, 1.82) is 0 Å². The zero-order chi connectivity index (χ0) is 20.5. The van der Waals surface area contributed by atoms with Gasteiger partial charge in [-0.05, 0) is 18.4 Å². The van der Waals surface area contributed by atoms with Crippen LogP contribution in [0, 0.1) is 0 Å². The molecule has 29 heavy (non-hydrogen) atoms. The van der Waals surface area contributed by atoms with Gasteiger partial charge < -0.3 is 14.4 Å². The van der Waals surface area contributed by atoms with Gasteiger partial charge in [-0.2, -0.15) is 0 Å². The maximum absolute atomic E-state index is 12.5. The number of aryl methyl sites for hydroxylation is 1. The van der Waals surface area contributed by atoms with Crippen LogP contribution in [0.5, 0.6) is 0 Å². The average molecular weight is 392 g/mol. The van der Waals surface area contributed by atoms with Crippen molar-refractivity contribution in [3.05, 3.63) is 78.3 Å². The first kappa shape index (κ1) is 20.3. The van der Waals surface area contributed by atoms with E-state index in [1.165, 1.54) is 4.90 Å². The first-order chi connectivity index (χ1) is 14.1. The van der Waals surface area contributed by atoms with Gasteiger partial charge in [0.15, 0.2) is 11.7 Å². The minimum Gasteiger partial charge on any atom is -0.480 e. The maximum Gasteiger partial charge on any atom is 0.323 e. The third kappa shape index (κ3) is 6.31. The molecule has 1 N–H and O–H groups in total. The number of amides is 1. The highest BCUT2D eigenvalue weighted by molar-refractivity contribution is 5.81. The highest BCUT2D eigenvalue weighted by atomic mass is 16.4. The van der Waals surface area contributed by atoms with E-state index in [1.807, 2.05) is 60.7 Å². The molecule has 1 heterocycles. The minimum absolute atomic E-state index is 0.168. The Hall–Kier alpha value is -3.41. The quantitative estimate of drug-likeness (QED) is 0.567. The van der Waals surface area contributed by atoms with Crippen molar-refractivity contribution >= 4 is 11.9 Å². The van der Waals surface area contributed by atoms with Gasteiger partial charge in [0.2, 0.25) is 5.91 Å². The molecule has 0 saturated carbocycles. The summed E-state index contributed by atoms with van der Waals surface area (Å²) in [5.41, 5.74) is 2.03. The van der Waals surface area contributed by atoms with Gasteiger partial charge >= 0.3 is 5.97 Å². The number of carboxylic acid groups (broad SMARTS) is 1. The number of aliphatic carboxylic acids is 1. The smallest absolute Gasteiger partial charge is 0.323 e. The standard InChI is InChI=1S/C23H24N2O4/c26-22(25(17-23(27)28)15-14-18-8-3-1-4-9-18)13-7-12-21-24-16-20(29-21)19-10-5-2-6-11-19/h1-6,8-11,16H,7,12-15,17H2,(H,27,28). The molecular weight excluding hydrogens is 368 g/mol. The number of benzene rings is 2. The molecule has 0 atom stereocenters. The maximum atomic E-state index is 12.5. The number of hydrogen-bond donors (Lipinski definition) is 1. The van der Waals surface area contributed by atoms with E-state index in [1.54, 1.807) is 6.20 Å². The normalized spacial score (nSPS) is 10.6. The lowest BCUT2D eigenvalue weighted by Gasteiger charge is -2.20. The van der Waals surface area contributed by atoms with E-state index in [-0.39, 0.29) is 18.9 Å². The molecule has 6 nitrogen and oxygen atoms in total. The fourth-order valence-corrected chi connectivity index (χ4v) is 3.07. The summed E-state index contributed by atoms with van der Waals surface area (Å²) in [6, 6.07) is 19.4. The van der Waals surface area contributed by atoms with Crippen molar-refractivity contribution in [3.63, 3.8) is 0 Å². The lowest BCUT2D eigenvalue weighted by Crippen LogP contribution is -2.37. The Morgan fingerprint density at radius 1 is 0.966 bits per heavy atom. The van der Waals surface area contributed by atoms with Crippen molar-refractivity contribution in [3.8, 4) is 11.3 Å². The van der Waals surface area contributed by atoms with Crippen LogP contribution in [-0.4, -0.2) is 40.0 Å². The Labute approximate surface area is 169 Å². The molecule has 0 fully saturated rings. The van der Waals surface area contributed by atoms with Gasteiger partial charge in [0.05, 0.1) is 6.20 Å². The summed E-state index contributed by atoms with van der Waals surface area (Å²) in [6.07, 6.45) is 3.64. The first-order valence-electron chi connectivity index (χ1n) is 9.65. The average Bonchev–Trinajstić information content (AvgIpc) is 3.21. The molecule has 0 aliphatic carbocycles. The van der Waals surface area contributed by atoms with E-state index >= 15 is 0 Å². The number of aromatic nitrogens is 1. The molecule has 0 aliphatic heterocycles. The number of hydrogen-bond acceptors (Lipinski definition) is 4. The van der Waals surface area contributed by atoms with Crippen LogP contribution < -0.4 is 0 Å². The molecule has 1 amide bonds. The summed E-state index contributed by atoms with van der Waals surface area (Å²) in [4.78, 5) is 29.3. The highest BCUT2D eigenvalue weighted by Crippen LogP contribution is 2.20. The molecule has 3 aromatic rings. The largest absolute Gasteiger partial charge is 0.480 e. The van der Waals surface area contributed by atoms with Crippen LogP contribution in [0.2, 0.25) is 0 Å². The number of carbonyl (C=O) groups excluding carboxylic acids is 1. The fourth-order valence-electron chi connectivity index (χ4n) is 3.07. The number of carbonyl (C=O) groups is 2. The van der Waals surface area contributed by atoms with Gasteiger partial charge in [-0.1, -0.05) is 60.7 Å². The predicted molar refractivity (Wildman–Crippen MR) is 109 cm³/mol. The lowest BCUT2D eigenvalue weighted by atomic mass is 10.1. The molecule has 0 saturated heterocycles. The predicted octanol–water partition coefficient (Wildman–Crippen LogP) is 3.82. The fraction of sp³-hybridized carbons (Fsp3) is 0.261. The van der Waals surface area contributed by atoms with Crippen LogP contribution in [0.25, 0.3) is 11.3 Å². The molecule has 150 valence electrons. The molecule has 6 heteroatoms. The Morgan fingerprint density at radius 2 is 1.66 bits per heavy atom. The second-order valence-corrected chi connectivity index (χ2v) is 6.78. The SMILES string of the molecule is O=C(O)CN(CCc1ccccc1)C(=O)CCCc1ncc(-c2ccccc2)o1. The molecule has 0 spiro atoms. The van der Waals surface area contributed by atoms with Gasteiger partial charge in [0.1, 0.15) is 6.54 Å². The monoisotopic (exact) mass is 392 g/mol. The van der Waals surface area contributed by atoms with E-state index in [0.29, 0.717) is 37.5 Å². The lowest BCUT2D eigenvalue weighted by molar-refractivity contribution is -0.144. The van der Waals surface area contributed by atoms with E-state index in [2.05, 4.69) is 4.98 Å². The summed E-state index contributed by atoms with van der Waals surface area (Å²) in [5.74, 6) is 0.0952. The summed E-state index contributed by atoms with van der Waals surface area (Å²) >= 11 is 0. The van der Waals surface area contributed by atoms with Crippen LogP contribution in [0.1, 0.15) is 24.3 Å². The molecule has 0 aliphatic rings. The van der Waals surface area contributed by atoms with Crippen LogP contribution in [0.4, 0.5) is 0 Å². The van der Waals surface area contributed by atoms with Gasteiger partial charge in [-0.25, -0.2) is 4.98 Å². The summed E-state index contributed by atoms with van der Waals surface area (Å²) in [6.45, 7) is 0.0924. The molecule has 0 radical (unpaired) electrons. The first-order valence-corrected chi connectivity index (χ1v) is 9.65. The van der Waals surface area contributed by atoms with Gasteiger partial charge in [-0.3, -0.25) is 9.59 Å². The Balaban J connectivity index is 1.50. The number of oxazole rings is 1.